The van der Waals surface area contributed by atoms with Crippen molar-refractivity contribution in [2.75, 3.05) is 6.61 Å². The minimum atomic E-state index is -0.0539. The fraction of sp³-hybridized carbons (Fsp3) is 0.625. The number of aliphatic hydroxyl groups excluding tert-OH is 1. The van der Waals surface area contributed by atoms with E-state index < -0.39 is 0 Å². The molecule has 0 aromatic rings. The van der Waals surface area contributed by atoms with Crippen LogP contribution in [-0.2, 0) is 4.74 Å². The number of rotatable bonds is 5. The third-order valence-corrected chi connectivity index (χ3v) is 1.43. The molecule has 0 aromatic heterocycles. The highest BCUT2D eigenvalue weighted by molar-refractivity contribution is 4.79. The van der Waals surface area contributed by atoms with Crippen LogP contribution < -0.4 is 0 Å². The van der Waals surface area contributed by atoms with Crippen molar-refractivity contribution < 1.29 is 9.84 Å². The molecule has 2 nitrogen and oxygen atoms in total. The van der Waals surface area contributed by atoms with E-state index in [1.165, 1.54) is 6.61 Å². The largest absolute Gasteiger partial charge is 0.394 e. The van der Waals surface area contributed by atoms with Crippen molar-refractivity contribution in [2.24, 2.45) is 5.92 Å². The van der Waals surface area contributed by atoms with E-state index in [-0.39, 0.29) is 18.6 Å². The molecule has 0 aliphatic heterocycles. The predicted octanol–water partition coefficient (Wildman–Crippen LogP) is 1.10. The van der Waals surface area contributed by atoms with Gasteiger partial charge in [0.15, 0.2) is 0 Å². The minimum Gasteiger partial charge on any atom is -0.394 e. The Hall–Kier alpha value is -0.0800. The second-order valence-electron chi connectivity index (χ2n) is 2.24. The molecule has 2 heteroatoms. The zero-order valence-corrected chi connectivity index (χ0v) is 6.45. The Kier molecular flexibility index (Phi) is 5.64. The van der Waals surface area contributed by atoms with E-state index >= 15 is 0 Å². The van der Waals surface area contributed by atoms with E-state index in [2.05, 4.69) is 0 Å². The summed E-state index contributed by atoms with van der Waals surface area (Å²) in [6.45, 7) is 10.4. The highest BCUT2D eigenvalue weighted by Gasteiger charge is 2.09. The van der Waals surface area contributed by atoms with Crippen LogP contribution in [0.1, 0.15) is 13.8 Å². The number of aliphatic hydroxyl groups is 1. The van der Waals surface area contributed by atoms with Crippen LogP contribution in [-0.4, -0.2) is 17.8 Å². The van der Waals surface area contributed by atoms with E-state index in [4.69, 9.17) is 16.8 Å². The molecule has 58 valence electrons. The van der Waals surface area contributed by atoms with Crippen LogP contribution in [0.2, 0.25) is 0 Å². The third-order valence-electron chi connectivity index (χ3n) is 1.43. The molecule has 0 fully saturated rings. The van der Waals surface area contributed by atoms with Gasteiger partial charge in [-0.15, -0.1) is 0 Å². The Bertz CT molecular complexity index is 73.7. The van der Waals surface area contributed by atoms with E-state index in [1.54, 1.807) is 6.42 Å². The van der Waals surface area contributed by atoms with Crippen LogP contribution in [0.5, 0.6) is 0 Å². The monoisotopic (exact) mass is 142 g/mol. The molecular weight excluding hydrogens is 128 g/mol. The Balaban J connectivity index is 3.31. The summed E-state index contributed by atoms with van der Waals surface area (Å²) >= 11 is 0. The lowest BCUT2D eigenvalue weighted by Crippen LogP contribution is -2.17. The van der Waals surface area contributed by atoms with Crippen LogP contribution >= 0.6 is 0 Å². The third kappa shape index (κ3) is 3.85. The zero-order chi connectivity index (χ0) is 7.98. The molecule has 2 atom stereocenters. The molecule has 0 heterocycles. The smallest absolute Gasteiger partial charge is 0.109 e. The number of ether oxygens (including phenoxy) is 1. The molecule has 0 aromatic carbocycles. The van der Waals surface area contributed by atoms with Gasteiger partial charge in [0.1, 0.15) is 6.61 Å². The highest BCUT2D eigenvalue weighted by atomic mass is 16.5. The summed E-state index contributed by atoms with van der Waals surface area (Å²) in [7, 11) is 0. The summed E-state index contributed by atoms with van der Waals surface area (Å²) in [6, 6.07) is 0. The van der Waals surface area contributed by atoms with Crippen LogP contribution in [0.15, 0.2) is 0 Å². The summed E-state index contributed by atoms with van der Waals surface area (Å²) in [6.07, 6.45) is 1.62. The second kappa shape index (κ2) is 5.69. The fourth-order valence-corrected chi connectivity index (χ4v) is 0.475. The van der Waals surface area contributed by atoms with Crippen LogP contribution in [0.3, 0.4) is 0 Å². The van der Waals surface area contributed by atoms with Crippen molar-refractivity contribution in [2.45, 2.75) is 20.0 Å². The van der Waals surface area contributed by atoms with E-state index in [9.17, 15) is 0 Å². The first-order chi connectivity index (χ1) is 4.72. The van der Waals surface area contributed by atoms with Crippen molar-refractivity contribution in [3.8, 4) is 0 Å². The first-order valence-electron chi connectivity index (χ1n) is 3.35. The van der Waals surface area contributed by atoms with Crippen molar-refractivity contribution >= 4 is 0 Å². The molecule has 0 saturated heterocycles. The van der Waals surface area contributed by atoms with Crippen molar-refractivity contribution in [1.29, 1.82) is 0 Å². The quantitative estimate of drug-likeness (QED) is 0.622. The summed E-state index contributed by atoms with van der Waals surface area (Å²) < 4.78 is 5.06. The first-order valence-corrected chi connectivity index (χ1v) is 3.35. The normalized spacial score (nSPS) is 16.8. The number of hydrogen-bond acceptors (Lipinski definition) is 2. The zero-order valence-electron chi connectivity index (χ0n) is 6.45. The van der Waals surface area contributed by atoms with Gasteiger partial charge in [0.25, 0.3) is 0 Å². The van der Waals surface area contributed by atoms with Crippen LogP contribution in [0.4, 0.5) is 0 Å². The molecule has 0 spiro atoms. The Morgan fingerprint density at radius 1 is 1.60 bits per heavy atom. The molecule has 1 N–H and O–H groups in total. The highest BCUT2D eigenvalue weighted by Crippen LogP contribution is 2.09. The van der Waals surface area contributed by atoms with Gasteiger partial charge < -0.3 is 9.84 Å². The van der Waals surface area contributed by atoms with Crippen LogP contribution in [0.25, 0.3) is 0 Å². The summed E-state index contributed by atoms with van der Waals surface area (Å²) in [5.74, 6) is 0.211. The van der Waals surface area contributed by atoms with Gasteiger partial charge in [-0.3, -0.25) is 0 Å². The molecule has 0 amide bonds. The standard InChI is InChI=1S/C8H14O2/c1-4-7(2)8(3)10-6-5-9/h1,4,6-9H,5H2,2-3H3/t7?,8-/m0/s1. The van der Waals surface area contributed by atoms with Crippen molar-refractivity contribution in [3.63, 3.8) is 0 Å². The SMILES string of the molecule is [CH][CH]C(C)[C@H](C)O[CH]CO. The van der Waals surface area contributed by atoms with Gasteiger partial charge in [-0.1, -0.05) is 6.92 Å². The Morgan fingerprint density at radius 2 is 2.20 bits per heavy atom. The molecule has 0 aliphatic rings. The molecule has 4 radical (unpaired) electrons. The Labute approximate surface area is 63.2 Å². The lowest BCUT2D eigenvalue weighted by molar-refractivity contribution is 0.0656. The molecular formula is C8H14O2. The van der Waals surface area contributed by atoms with E-state index in [1.807, 2.05) is 13.8 Å². The number of hydrogen-bond donors (Lipinski definition) is 1. The molecule has 10 heavy (non-hydrogen) atoms. The molecule has 0 bridgehead atoms. The van der Waals surface area contributed by atoms with Crippen LogP contribution in [0, 0.1) is 25.9 Å². The summed E-state index contributed by atoms with van der Waals surface area (Å²) in [4.78, 5) is 0. The predicted molar refractivity (Wildman–Crippen MR) is 39.7 cm³/mol. The van der Waals surface area contributed by atoms with Gasteiger partial charge in [-0.05, 0) is 26.2 Å². The summed E-state index contributed by atoms with van der Waals surface area (Å²) in [5, 5.41) is 8.35. The lowest BCUT2D eigenvalue weighted by atomic mass is 10.0. The summed E-state index contributed by atoms with van der Waals surface area (Å²) in [5.41, 5.74) is 0. The van der Waals surface area contributed by atoms with Gasteiger partial charge >= 0.3 is 0 Å². The van der Waals surface area contributed by atoms with Crippen molar-refractivity contribution in [3.05, 3.63) is 20.0 Å². The molecule has 0 saturated carbocycles. The maximum absolute atomic E-state index is 8.35. The molecule has 1 unspecified atom stereocenters. The van der Waals surface area contributed by atoms with Gasteiger partial charge in [-0.25, -0.2) is 0 Å². The van der Waals surface area contributed by atoms with Gasteiger partial charge in [0.05, 0.1) is 12.7 Å². The topological polar surface area (TPSA) is 29.5 Å². The first kappa shape index (κ1) is 9.92. The maximum Gasteiger partial charge on any atom is 0.109 e. The molecule has 0 rings (SSSR count). The van der Waals surface area contributed by atoms with Gasteiger partial charge in [0.2, 0.25) is 0 Å². The average Bonchev–Trinajstić information content (AvgIpc) is 1.98. The van der Waals surface area contributed by atoms with Gasteiger partial charge in [-0.2, -0.15) is 0 Å². The fourth-order valence-electron chi connectivity index (χ4n) is 0.475. The maximum atomic E-state index is 8.35. The van der Waals surface area contributed by atoms with E-state index in [0.717, 1.165) is 0 Å². The Morgan fingerprint density at radius 3 is 2.60 bits per heavy atom. The van der Waals surface area contributed by atoms with Gasteiger partial charge in [0, 0.05) is 0 Å². The van der Waals surface area contributed by atoms with Crippen molar-refractivity contribution in [1.82, 2.24) is 0 Å². The minimum absolute atomic E-state index is 0.0390. The molecule has 0 aliphatic carbocycles. The van der Waals surface area contributed by atoms with E-state index in [0.29, 0.717) is 0 Å². The lowest BCUT2D eigenvalue weighted by Gasteiger charge is -2.17. The second-order valence-corrected chi connectivity index (χ2v) is 2.24. The average molecular weight is 142 g/mol.